The molecule has 0 bridgehead atoms. The van der Waals surface area contributed by atoms with E-state index >= 15 is 0 Å². The van der Waals surface area contributed by atoms with Crippen LogP contribution in [0.5, 0.6) is 0 Å². The highest BCUT2D eigenvalue weighted by atomic mass is 17.3. The smallest absolute Gasteiger partial charge is 0.309 e. The van der Waals surface area contributed by atoms with Crippen molar-refractivity contribution >= 4 is 5.78 Å². The number of rotatable bonds is 0. The summed E-state index contributed by atoms with van der Waals surface area (Å²) in [5, 5.41) is 9.97. The number of hydrogen-bond donors (Lipinski definition) is 1. The summed E-state index contributed by atoms with van der Waals surface area (Å²) in [5.74, 6) is -3.43. The topological polar surface area (TPSA) is 65.0 Å². The lowest BCUT2D eigenvalue weighted by Crippen LogP contribution is -2.39. The molecule has 21 heavy (non-hydrogen) atoms. The summed E-state index contributed by atoms with van der Waals surface area (Å²) in [5.41, 5.74) is 1.98. The van der Waals surface area contributed by atoms with Crippen molar-refractivity contribution in [3.8, 4) is 0 Å². The molecule has 2 aromatic rings. The predicted molar refractivity (Wildman–Crippen MR) is 71.0 cm³/mol. The number of carbonyl (C=O) groups excluding carboxylic acids is 1. The Bertz CT molecular complexity index is 700. The molecule has 1 aliphatic carbocycles. The molecule has 1 heterocycles. The maximum Gasteiger partial charge on any atom is 0.309 e. The highest BCUT2D eigenvalue weighted by Gasteiger charge is 2.56. The lowest BCUT2D eigenvalue weighted by molar-refractivity contribution is -0.396. The molecule has 5 heteroatoms. The van der Waals surface area contributed by atoms with E-state index in [1.54, 1.807) is 48.5 Å². The number of carbonyl (C=O) groups is 1. The summed E-state index contributed by atoms with van der Waals surface area (Å²) in [6.07, 6.45) is 0. The minimum Gasteiger partial charge on any atom is -0.342 e. The monoisotopic (exact) mass is 284 g/mol. The summed E-state index contributed by atoms with van der Waals surface area (Å²) in [7, 11) is 0. The van der Waals surface area contributed by atoms with Crippen molar-refractivity contribution in [3.05, 3.63) is 70.8 Å². The van der Waals surface area contributed by atoms with E-state index in [-0.39, 0.29) is 5.78 Å². The molecule has 1 fully saturated rings. The Morgan fingerprint density at radius 2 is 1.43 bits per heavy atom. The molecule has 5 nitrogen and oxygen atoms in total. The second kappa shape index (κ2) is 3.99. The van der Waals surface area contributed by atoms with Crippen LogP contribution >= 0.6 is 0 Å². The van der Waals surface area contributed by atoms with Crippen molar-refractivity contribution in [2.75, 3.05) is 0 Å². The molecule has 1 spiro atoms. The Balaban J connectivity index is 2.04. The van der Waals surface area contributed by atoms with Crippen LogP contribution in [-0.2, 0) is 20.3 Å². The van der Waals surface area contributed by atoms with Gasteiger partial charge in [-0.15, -0.1) is 0 Å². The average molecular weight is 284 g/mol. The number of benzene rings is 2. The summed E-state index contributed by atoms with van der Waals surface area (Å²) in [6.45, 7) is 1.34. The van der Waals surface area contributed by atoms with Gasteiger partial charge in [-0.1, -0.05) is 48.5 Å². The first-order valence-corrected chi connectivity index (χ1v) is 6.57. The molecular weight excluding hydrogens is 272 g/mol. The largest absolute Gasteiger partial charge is 0.342 e. The van der Waals surface area contributed by atoms with Gasteiger partial charge in [0.05, 0.1) is 0 Å². The number of fused-ring (bicyclic) bond motifs is 4. The molecule has 0 radical (unpaired) electrons. The third-order valence-electron chi connectivity index (χ3n) is 3.70. The predicted octanol–water partition coefficient (Wildman–Crippen LogP) is 2.08. The van der Waals surface area contributed by atoms with Crippen LogP contribution in [-0.4, -0.2) is 16.9 Å². The van der Waals surface area contributed by atoms with Crippen LogP contribution in [0.1, 0.15) is 34.0 Å². The van der Waals surface area contributed by atoms with E-state index in [0.717, 1.165) is 0 Å². The summed E-state index contributed by atoms with van der Waals surface area (Å²) in [6, 6.07) is 14.0. The Morgan fingerprint density at radius 1 is 0.905 bits per heavy atom. The van der Waals surface area contributed by atoms with Crippen molar-refractivity contribution in [2.45, 2.75) is 18.7 Å². The number of hydrogen-bond acceptors (Lipinski definition) is 5. The highest BCUT2D eigenvalue weighted by molar-refractivity contribution is 6.12. The van der Waals surface area contributed by atoms with Gasteiger partial charge < -0.3 is 5.11 Å². The summed E-state index contributed by atoms with van der Waals surface area (Å²) < 4.78 is 5.64. The van der Waals surface area contributed by atoms with E-state index in [9.17, 15) is 9.90 Å². The zero-order valence-electron chi connectivity index (χ0n) is 11.2. The van der Waals surface area contributed by atoms with Crippen molar-refractivity contribution in [1.82, 2.24) is 0 Å². The molecule has 0 amide bonds. The molecule has 0 aromatic heterocycles. The van der Waals surface area contributed by atoms with Crippen molar-refractivity contribution in [2.24, 2.45) is 0 Å². The minimum absolute atomic E-state index is 0.106. The maximum atomic E-state index is 12.6. The molecule has 1 N–H and O–H groups in total. The Labute approximate surface area is 120 Å². The molecule has 106 valence electrons. The second-order valence-corrected chi connectivity index (χ2v) is 5.20. The van der Waals surface area contributed by atoms with E-state index < -0.39 is 11.8 Å². The fourth-order valence-electron chi connectivity index (χ4n) is 2.86. The number of aliphatic hydroxyl groups is 1. The van der Waals surface area contributed by atoms with Crippen molar-refractivity contribution in [1.29, 1.82) is 0 Å². The Hall–Kier alpha value is -2.05. The third kappa shape index (κ3) is 1.63. The van der Waals surface area contributed by atoms with E-state index in [1.807, 2.05) is 0 Å². The molecular formula is C16H12O5. The SMILES string of the molecule is CC1(O)OOC2(O1)c1ccccc1C(=O)c1ccccc12. The van der Waals surface area contributed by atoms with Gasteiger partial charge in [0.2, 0.25) is 0 Å². The zero-order valence-corrected chi connectivity index (χ0v) is 11.2. The highest BCUT2D eigenvalue weighted by Crippen LogP contribution is 2.49. The third-order valence-corrected chi connectivity index (χ3v) is 3.70. The number of ether oxygens (including phenoxy) is 1. The van der Waals surface area contributed by atoms with Gasteiger partial charge in [-0.2, -0.15) is 9.78 Å². The average Bonchev–Trinajstić information content (AvgIpc) is 2.82. The minimum atomic E-state index is -1.89. The van der Waals surface area contributed by atoms with E-state index in [4.69, 9.17) is 14.5 Å². The summed E-state index contributed by atoms with van der Waals surface area (Å²) >= 11 is 0. The first-order valence-electron chi connectivity index (χ1n) is 6.57. The molecule has 1 aliphatic heterocycles. The fraction of sp³-hybridized carbons (Fsp3) is 0.188. The quantitative estimate of drug-likeness (QED) is 0.750. The molecule has 4 rings (SSSR count). The van der Waals surface area contributed by atoms with Gasteiger partial charge in [0.25, 0.3) is 5.79 Å². The van der Waals surface area contributed by atoms with E-state index in [1.165, 1.54) is 6.92 Å². The van der Waals surface area contributed by atoms with Crippen LogP contribution in [0.15, 0.2) is 48.5 Å². The van der Waals surface area contributed by atoms with Crippen LogP contribution in [0.4, 0.5) is 0 Å². The van der Waals surface area contributed by atoms with E-state index in [0.29, 0.717) is 22.3 Å². The van der Waals surface area contributed by atoms with Crippen molar-refractivity contribution in [3.63, 3.8) is 0 Å². The Morgan fingerprint density at radius 3 is 1.90 bits per heavy atom. The van der Waals surface area contributed by atoms with Gasteiger partial charge in [-0.05, 0) is 0 Å². The lowest BCUT2D eigenvalue weighted by atomic mass is 9.80. The zero-order chi connectivity index (χ0) is 14.7. The van der Waals surface area contributed by atoms with Gasteiger partial charge >= 0.3 is 5.97 Å². The van der Waals surface area contributed by atoms with Gasteiger partial charge in [0, 0.05) is 29.2 Å². The molecule has 2 aromatic carbocycles. The normalized spacial score (nSPS) is 25.7. The van der Waals surface area contributed by atoms with E-state index in [2.05, 4.69) is 0 Å². The van der Waals surface area contributed by atoms with Gasteiger partial charge in [0.15, 0.2) is 5.78 Å². The van der Waals surface area contributed by atoms with Crippen molar-refractivity contribution < 1.29 is 24.4 Å². The molecule has 1 saturated heterocycles. The fourth-order valence-corrected chi connectivity index (χ4v) is 2.86. The van der Waals surface area contributed by atoms with Gasteiger partial charge in [0.1, 0.15) is 0 Å². The standard InChI is InChI=1S/C16H12O5/c1-15(18)19-16(21-20-15)12-8-4-2-6-10(12)14(17)11-7-3-5-9-13(11)16/h2-9,18H,1H3. The van der Waals surface area contributed by atoms with Gasteiger partial charge in [-0.25, -0.2) is 0 Å². The molecule has 0 saturated carbocycles. The summed E-state index contributed by atoms with van der Waals surface area (Å²) in [4.78, 5) is 22.9. The second-order valence-electron chi connectivity index (χ2n) is 5.20. The molecule has 2 aliphatic rings. The Kier molecular flexibility index (Phi) is 2.41. The number of ketones is 1. The van der Waals surface area contributed by atoms with Gasteiger partial charge in [-0.3, -0.25) is 9.53 Å². The van der Waals surface area contributed by atoms with Crippen LogP contribution in [0.25, 0.3) is 0 Å². The first-order chi connectivity index (χ1) is 10.0. The lowest BCUT2D eigenvalue weighted by Gasteiger charge is -2.33. The maximum absolute atomic E-state index is 12.6. The molecule has 1 unspecified atom stereocenters. The first kappa shape index (κ1) is 12.7. The van der Waals surface area contributed by atoms with Crippen LogP contribution in [0.2, 0.25) is 0 Å². The van der Waals surface area contributed by atoms with Crippen LogP contribution < -0.4 is 0 Å². The van der Waals surface area contributed by atoms with Crippen LogP contribution in [0.3, 0.4) is 0 Å². The molecule has 1 atom stereocenters. The van der Waals surface area contributed by atoms with Crippen LogP contribution in [0, 0.1) is 0 Å².